The standard InChI is InChI=1S/C16H21NO5S/c1-3-5-7-15(16(18)19)17-23(20,21)14-10-8-13(9-11-14)22-12-6-4-2/h8-11,15,17H,3,5,7,12H2,1-2H3,(H,18,19). The Morgan fingerprint density at radius 3 is 2.52 bits per heavy atom. The number of unbranched alkanes of at least 4 members (excludes halogenated alkanes) is 1. The molecule has 0 radical (unpaired) electrons. The SMILES string of the molecule is CC#CCOc1ccc(S(=O)(=O)NC(CCCC)C(=O)O)cc1. The van der Waals surface area contributed by atoms with E-state index in [1.165, 1.54) is 24.3 Å². The summed E-state index contributed by atoms with van der Waals surface area (Å²) in [7, 11) is -3.89. The molecule has 6 nitrogen and oxygen atoms in total. The van der Waals surface area contributed by atoms with Gasteiger partial charge < -0.3 is 9.84 Å². The third-order valence-electron chi connectivity index (χ3n) is 3.06. The first-order chi connectivity index (χ1) is 10.9. The van der Waals surface area contributed by atoms with Crippen LogP contribution in [-0.2, 0) is 14.8 Å². The van der Waals surface area contributed by atoms with E-state index in [9.17, 15) is 13.2 Å². The molecule has 0 spiro atoms. The van der Waals surface area contributed by atoms with Crippen molar-refractivity contribution in [3.63, 3.8) is 0 Å². The van der Waals surface area contributed by atoms with Gasteiger partial charge in [0.15, 0.2) is 0 Å². The van der Waals surface area contributed by atoms with Crippen LogP contribution in [0, 0.1) is 11.8 Å². The Kier molecular flexibility index (Phi) is 7.59. The molecule has 126 valence electrons. The van der Waals surface area contributed by atoms with Gasteiger partial charge in [-0.15, -0.1) is 5.92 Å². The highest BCUT2D eigenvalue weighted by atomic mass is 32.2. The summed E-state index contributed by atoms with van der Waals surface area (Å²) in [6.07, 6.45) is 1.67. The van der Waals surface area contributed by atoms with Crippen molar-refractivity contribution in [3.05, 3.63) is 24.3 Å². The molecular weight excluding hydrogens is 318 g/mol. The first-order valence-electron chi connectivity index (χ1n) is 7.28. The summed E-state index contributed by atoms with van der Waals surface area (Å²) in [5, 5.41) is 9.11. The fourth-order valence-corrected chi connectivity index (χ4v) is 3.03. The maximum Gasteiger partial charge on any atom is 0.321 e. The molecule has 1 aromatic rings. The summed E-state index contributed by atoms with van der Waals surface area (Å²) in [5.74, 6) is 4.73. The number of carboxylic acids is 1. The number of rotatable bonds is 9. The van der Waals surface area contributed by atoms with Crippen LogP contribution in [0.25, 0.3) is 0 Å². The van der Waals surface area contributed by atoms with Crippen LogP contribution in [0.4, 0.5) is 0 Å². The Hall–Kier alpha value is -2.04. The van der Waals surface area contributed by atoms with E-state index in [0.717, 1.165) is 6.42 Å². The summed E-state index contributed by atoms with van der Waals surface area (Å²) >= 11 is 0. The third kappa shape index (κ3) is 6.30. The zero-order valence-electron chi connectivity index (χ0n) is 13.2. The second-order valence-corrected chi connectivity index (χ2v) is 6.56. The van der Waals surface area contributed by atoms with E-state index < -0.39 is 22.0 Å². The molecule has 1 atom stereocenters. The smallest absolute Gasteiger partial charge is 0.321 e. The van der Waals surface area contributed by atoms with E-state index in [2.05, 4.69) is 16.6 Å². The Morgan fingerprint density at radius 1 is 1.35 bits per heavy atom. The van der Waals surface area contributed by atoms with E-state index in [-0.39, 0.29) is 17.9 Å². The lowest BCUT2D eigenvalue weighted by molar-refractivity contribution is -0.139. The van der Waals surface area contributed by atoms with Gasteiger partial charge in [-0.1, -0.05) is 25.7 Å². The predicted molar refractivity (Wildman–Crippen MR) is 86.7 cm³/mol. The Balaban J connectivity index is 2.81. The number of hydrogen-bond donors (Lipinski definition) is 2. The van der Waals surface area contributed by atoms with E-state index >= 15 is 0 Å². The molecular formula is C16H21NO5S. The van der Waals surface area contributed by atoms with Crippen molar-refractivity contribution in [1.29, 1.82) is 0 Å². The highest BCUT2D eigenvalue weighted by molar-refractivity contribution is 7.89. The van der Waals surface area contributed by atoms with Crippen LogP contribution in [0.5, 0.6) is 5.75 Å². The Labute approximate surface area is 136 Å². The van der Waals surface area contributed by atoms with Crippen molar-refractivity contribution in [3.8, 4) is 17.6 Å². The van der Waals surface area contributed by atoms with Gasteiger partial charge in [-0.3, -0.25) is 4.79 Å². The van der Waals surface area contributed by atoms with Crippen molar-refractivity contribution >= 4 is 16.0 Å². The van der Waals surface area contributed by atoms with Crippen LogP contribution in [0.1, 0.15) is 33.1 Å². The van der Waals surface area contributed by atoms with Gasteiger partial charge in [-0.2, -0.15) is 4.72 Å². The summed E-state index contributed by atoms with van der Waals surface area (Å²) in [5.41, 5.74) is 0. The van der Waals surface area contributed by atoms with Crippen molar-refractivity contribution in [2.24, 2.45) is 0 Å². The van der Waals surface area contributed by atoms with Gasteiger partial charge in [-0.25, -0.2) is 8.42 Å². The van der Waals surface area contributed by atoms with Crippen molar-refractivity contribution in [2.75, 3.05) is 6.61 Å². The van der Waals surface area contributed by atoms with E-state index in [0.29, 0.717) is 12.2 Å². The van der Waals surface area contributed by atoms with Crippen molar-refractivity contribution < 1.29 is 23.1 Å². The first-order valence-corrected chi connectivity index (χ1v) is 8.76. The molecule has 0 fully saturated rings. The minimum absolute atomic E-state index is 0.00539. The predicted octanol–water partition coefficient (Wildman–Crippen LogP) is 2.01. The largest absolute Gasteiger partial charge is 0.481 e. The van der Waals surface area contributed by atoms with Crippen LogP contribution >= 0.6 is 0 Å². The molecule has 0 bridgehead atoms. The lowest BCUT2D eigenvalue weighted by atomic mass is 10.1. The molecule has 0 aliphatic heterocycles. The zero-order valence-corrected chi connectivity index (χ0v) is 14.0. The molecule has 0 heterocycles. The highest BCUT2D eigenvalue weighted by Crippen LogP contribution is 2.17. The van der Waals surface area contributed by atoms with Gasteiger partial charge in [0.25, 0.3) is 0 Å². The van der Waals surface area contributed by atoms with Gasteiger partial charge in [0.1, 0.15) is 18.4 Å². The van der Waals surface area contributed by atoms with Crippen molar-refractivity contribution in [1.82, 2.24) is 4.72 Å². The molecule has 0 saturated heterocycles. The lowest BCUT2D eigenvalue weighted by Crippen LogP contribution is -2.40. The van der Waals surface area contributed by atoms with Gasteiger partial charge in [0.05, 0.1) is 4.90 Å². The van der Waals surface area contributed by atoms with E-state index in [1.54, 1.807) is 6.92 Å². The van der Waals surface area contributed by atoms with Crippen LogP contribution in [0.2, 0.25) is 0 Å². The maximum atomic E-state index is 12.2. The number of hydrogen-bond acceptors (Lipinski definition) is 4. The van der Waals surface area contributed by atoms with Gasteiger partial charge in [0, 0.05) is 0 Å². The van der Waals surface area contributed by atoms with Crippen LogP contribution in [-0.4, -0.2) is 32.1 Å². The molecule has 0 saturated carbocycles. The normalized spacial score (nSPS) is 12.1. The Bertz CT molecular complexity index is 671. The molecule has 0 aromatic heterocycles. The molecule has 7 heteroatoms. The fourth-order valence-electron chi connectivity index (χ4n) is 1.80. The van der Waals surface area contributed by atoms with Crippen LogP contribution in [0.15, 0.2) is 29.2 Å². The lowest BCUT2D eigenvalue weighted by Gasteiger charge is -2.14. The molecule has 2 N–H and O–H groups in total. The number of benzene rings is 1. The quantitative estimate of drug-likeness (QED) is 0.671. The minimum atomic E-state index is -3.89. The van der Waals surface area contributed by atoms with Crippen LogP contribution < -0.4 is 9.46 Å². The average molecular weight is 339 g/mol. The summed E-state index contributed by atoms with van der Waals surface area (Å²) in [6, 6.07) is 4.63. The van der Waals surface area contributed by atoms with Gasteiger partial charge >= 0.3 is 5.97 Å². The van der Waals surface area contributed by atoms with E-state index in [1.807, 2.05) is 6.92 Å². The first kappa shape index (κ1) is 19.0. The molecule has 23 heavy (non-hydrogen) atoms. The average Bonchev–Trinajstić information content (AvgIpc) is 2.52. The summed E-state index contributed by atoms with van der Waals surface area (Å²) in [6.45, 7) is 3.83. The summed E-state index contributed by atoms with van der Waals surface area (Å²) < 4.78 is 32.0. The zero-order chi connectivity index (χ0) is 17.3. The minimum Gasteiger partial charge on any atom is -0.481 e. The highest BCUT2D eigenvalue weighted by Gasteiger charge is 2.24. The maximum absolute atomic E-state index is 12.2. The number of ether oxygens (including phenoxy) is 1. The van der Waals surface area contributed by atoms with E-state index in [4.69, 9.17) is 9.84 Å². The molecule has 0 amide bonds. The summed E-state index contributed by atoms with van der Waals surface area (Å²) in [4.78, 5) is 11.1. The molecule has 1 unspecified atom stereocenters. The van der Waals surface area contributed by atoms with Crippen LogP contribution in [0.3, 0.4) is 0 Å². The van der Waals surface area contributed by atoms with Crippen molar-refractivity contribution in [2.45, 2.75) is 44.0 Å². The fraction of sp³-hybridized carbons (Fsp3) is 0.438. The second-order valence-electron chi connectivity index (χ2n) is 4.84. The monoisotopic (exact) mass is 339 g/mol. The number of carboxylic acid groups (broad SMARTS) is 1. The van der Waals surface area contributed by atoms with Gasteiger partial charge in [0.2, 0.25) is 10.0 Å². The topological polar surface area (TPSA) is 92.7 Å². The number of aliphatic carboxylic acids is 1. The molecule has 1 rings (SSSR count). The third-order valence-corrected chi connectivity index (χ3v) is 4.55. The molecule has 0 aliphatic carbocycles. The number of nitrogens with one attached hydrogen (secondary N) is 1. The second kappa shape index (κ2) is 9.18. The number of carbonyl (C=O) groups is 1. The Morgan fingerprint density at radius 2 is 2.00 bits per heavy atom. The number of sulfonamides is 1. The van der Waals surface area contributed by atoms with Gasteiger partial charge in [-0.05, 0) is 37.6 Å². The molecule has 0 aliphatic rings. The molecule has 1 aromatic carbocycles.